The minimum absolute atomic E-state index is 0.00958. The van der Waals surface area contributed by atoms with E-state index in [2.05, 4.69) is 10.0 Å². The summed E-state index contributed by atoms with van der Waals surface area (Å²) < 4.78 is 36.3. The summed E-state index contributed by atoms with van der Waals surface area (Å²) in [5, 5.41) is 2.58. The van der Waals surface area contributed by atoms with E-state index < -0.39 is 15.9 Å². The number of nitrogens with one attached hydrogen (secondary N) is 2. The first kappa shape index (κ1) is 20.2. The summed E-state index contributed by atoms with van der Waals surface area (Å²) in [6, 6.07) is 4.76. The van der Waals surface area contributed by atoms with Crippen molar-refractivity contribution in [3.63, 3.8) is 0 Å². The fourth-order valence-corrected chi connectivity index (χ4v) is 2.75. The van der Waals surface area contributed by atoms with Gasteiger partial charge in [-0.25, -0.2) is 13.1 Å². The van der Waals surface area contributed by atoms with Crippen LogP contribution < -0.4 is 19.5 Å². The lowest BCUT2D eigenvalue weighted by molar-refractivity contribution is 0.0955. The Morgan fingerprint density at radius 2 is 1.67 bits per heavy atom. The van der Waals surface area contributed by atoms with Crippen LogP contribution in [-0.2, 0) is 10.0 Å². The van der Waals surface area contributed by atoms with E-state index in [0.29, 0.717) is 30.2 Å². The van der Waals surface area contributed by atoms with Gasteiger partial charge in [0, 0.05) is 31.3 Å². The lowest BCUT2D eigenvalue weighted by Crippen LogP contribution is -2.37. The van der Waals surface area contributed by atoms with Crippen LogP contribution in [-0.4, -0.2) is 72.9 Å². The highest BCUT2D eigenvalue weighted by molar-refractivity contribution is 7.89. The number of likely N-dealkylation sites (N-methyl/N-ethyl adjacent to an activating group) is 1. The largest absolute Gasteiger partial charge is 0.497 e. The number of rotatable bonds is 10. The SMILES string of the molecule is COc1cc(OC)cc(C(=O)NCCS(=O)(=O)NCCN(C)C)c1. The van der Waals surface area contributed by atoms with Crippen LogP contribution in [0.5, 0.6) is 11.5 Å². The number of nitrogens with zero attached hydrogens (tertiary/aromatic N) is 1. The number of benzene rings is 1. The third kappa shape index (κ3) is 7.16. The zero-order chi connectivity index (χ0) is 18.2. The summed E-state index contributed by atoms with van der Waals surface area (Å²) in [4.78, 5) is 14.0. The van der Waals surface area contributed by atoms with E-state index >= 15 is 0 Å². The smallest absolute Gasteiger partial charge is 0.251 e. The predicted octanol–water partition coefficient (Wildman–Crippen LogP) is -0.0854. The van der Waals surface area contributed by atoms with Gasteiger partial charge >= 0.3 is 0 Å². The molecule has 0 bridgehead atoms. The van der Waals surface area contributed by atoms with Crippen LogP contribution in [0, 0.1) is 0 Å². The molecule has 0 unspecified atom stereocenters. The fourth-order valence-electron chi connectivity index (χ4n) is 1.84. The molecule has 1 aromatic carbocycles. The molecule has 0 saturated heterocycles. The molecule has 0 aliphatic rings. The van der Waals surface area contributed by atoms with Gasteiger partial charge < -0.3 is 19.7 Å². The molecule has 0 heterocycles. The zero-order valence-electron chi connectivity index (χ0n) is 14.5. The highest BCUT2D eigenvalue weighted by Crippen LogP contribution is 2.22. The normalized spacial score (nSPS) is 11.4. The van der Waals surface area contributed by atoms with Gasteiger partial charge in [-0.3, -0.25) is 4.79 Å². The quantitative estimate of drug-likeness (QED) is 0.606. The molecule has 0 radical (unpaired) electrons. The van der Waals surface area contributed by atoms with Crippen molar-refractivity contribution in [2.45, 2.75) is 0 Å². The number of hydrogen-bond donors (Lipinski definition) is 2. The van der Waals surface area contributed by atoms with Crippen molar-refractivity contribution in [3.8, 4) is 11.5 Å². The van der Waals surface area contributed by atoms with Crippen LogP contribution in [0.4, 0.5) is 0 Å². The molecule has 0 fully saturated rings. The van der Waals surface area contributed by atoms with E-state index in [0.717, 1.165) is 0 Å². The van der Waals surface area contributed by atoms with Gasteiger partial charge in [0.05, 0.1) is 20.0 Å². The van der Waals surface area contributed by atoms with Crippen LogP contribution in [0.15, 0.2) is 18.2 Å². The number of carbonyl (C=O) groups excluding carboxylic acids is 1. The second kappa shape index (κ2) is 9.45. The molecule has 2 N–H and O–H groups in total. The molecule has 0 aromatic heterocycles. The minimum atomic E-state index is -3.42. The van der Waals surface area contributed by atoms with Gasteiger partial charge in [-0.2, -0.15) is 0 Å². The van der Waals surface area contributed by atoms with Crippen LogP contribution >= 0.6 is 0 Å². The first-order valence-electron chi connectivity index (χ1n) is 7.40. The molecule has 1 rings (SSSR count). The van der Waals surface area contributed by atoms with Crippen molar-refractivity contribution in [1.29, 1.82) is 0 Å². The summed E-state index contributed by atoms with van der Waals surface area (Å²) in [7, 11) is 3.27. The first-order chi connectivity index (χ1) is 11.3. The van der Waals surface area contributed by atoms with Crippen molar-refractivity contribution in [3.05, 3.63) is 23.8 Å². The van der Waals surface area contributed by atoms with Gasteiger partial charge in [-0.15, -0.1) is 0 Å². The summed E-state index contributed by atoms with van der Waals surface area (Å²) in [5.74, 6) is 0.387. The maximum atomic E-state index is 12.1. The van der Waals surface area contributed by atoms with E-state index in [9.17, 15) is 13.2 Å². The first-order valence-corrected chi connectivity index (χ1v) is 9.06. The second-order valence-corrected chi connectivity index (χ2v) is 7.30. The summed E-state index contributed by atoms with van der Waals surface area (Å²) in [5.41, 5.74) is 0.337. The molecule has 24 heavy (non-hydrogen) atoms. The van der Waals surface area contributed by atoms with E-state index in [-0.39, 0.29) is 12.3 Å². The Hall–Kier alpha value is -1.84. The number of methoxy groups -OCH3 is 2. The van der Waals surface area contributed by atoms with E-state index in [1.807, 2.05) is 19.0 Å². The molecule has 9 heteroatoms. The Balaban J connectivity index is 2.54. The number of amides is 1. The van der Waals surface area contributed by atoms with Crippen LogP contribution in [0.2, 0.25) is 0 Å². The van der Waals surface area contributed by atoms with Crippen LogP contribution in [0.3, 0.4) is 0 Å². The topological polar surface area (TPSA) is 97.0 Å². The summed E-state index contributed by atoms with van der Waals surface area (Å²) in [6.07, 6.45) is 0. The molecule has 1 amide bonds. The average Bonchev–Trinajstić information content (AvgIpc) is 2.53. The van der Waals surface area contributed by atoms with Gasteiger partial charge in [-0.1, -0.05) is 0 Å². The third-order valence-electron chi connectivity index (χ3n) is 3.15. The Bertz CT molecular complexity index is 624. The van der Waals surface area contributed by atoms with E-state index in [1.54, 1.807) is 18.2 Å². The predicted molar refractivity (Wildman–Crippen MR) is 92.2 cm³/mol. The Labute approximate surface area is 143 Å². The monoisotopic (exact) mass is 359 g/mol. The minimum Gasteiger partial charge on any atom is -0.497 e. The van der Waals surface area contributed by atoms with E-state index in [1.165, 1.54) is 14.2 Å². The molecule has 8 nitrogen and oxygen atoms in total. The lowest BCUT2D eigenvalue weighted by Gasteiger charge is -2.12. The summed E-state index contributed by atoms with van der Waals surface area (Å²) in [6.45, 7) is 0.946. The van der Waals surface area contributed by atoms with Crippen molar-refractivity contribution in [2.24, 2.45) is 0 Å². The van der Waals surface area contributed by atoms with Crippen LogP contribution in [0.25, 0.3) is 0 Å². The van der Waals surface area contributed by atoms with Crippen molar-refractivity contribution in [1.82, 2.24) is 14.9 Å². The number of hydrogen-bond acceptors (Lipinski definition) is 6. The van der Waals surface area contributed by atoms with E-state index in [4.69, 9.17) is 9.47 Å². The Morgan fingerprint density at radius 3 is 2.17 bits per heavy atom. The van der Waals surface area contributed by atoms with Crippen molar-refractivity contribution >= 4 is 15.9 Å². The van der Waals surface area contributed by atoms with Crippen LogP contribution in [0.1, 0.15) is 10.4 Å². The molecule has 1 aromatic rings. The van der Waals surface area contributed by atoms with Gasteiger partial charge in [0.15, 0.2) is 0 Å². The molecule has 0 atom stereocenters. The number of carbonyl (C=O) groups is 1. The highest BCUT2D eigenvalue weighted by atomic mass is 32.2. The zero-order valence-corrected chi connectivity index (χ0v) is 15.3. The Kier molecular flexibility index (Phi) is 7.96. The third-order valence-corrected chi connectivity index (χ3v) is 4.54. The van der Waals surface area contributed by atoms with Crippen molar-refractivity contribution < 1.29 is 22.7 Å². The number of sulfonamides is 1. The van der Waals surface area contributed by atoms with Gasteiger partial charge in [0.25, 0.3) is 5.91 Å². The Morgan fingerprint density at radius 1 is 1.08 bits per heavy atom. The molecule has 0 aliphatic carbocycles. The molecule has 136 valence electrons. The fraction of sp³-hybridized carbons (Fsp3) is 0.533. The lowest BCUT2D eigenvalue weighted by atomic mass is 10.2. The average molecular weight is 359 g/mol. The summed E-state index contributed by atoms with van der Waals surface area (Å²) >= 11 is 0. The maximum absolute atomic E-state index is 12.1. The van der Waals surface area contributed by atoms with Crippen molar-refractivity contribution in [2.75, 3.05) is 53.7 Å². The van der Waals surface area contributed by atoms with Gasteiger partial charge in [0.2, 0.25) is 10.0 Å². The maximum Gasteiger partial charge on any atom is 0.251 e. The second-order valence-electron chi connectivity index (χ2n) is 5.37. The van der Waals surface area contributed by atoms with Gasteiger partial charge in [-0.05, 0) is 26.2 Å². The molecule has 0 aliphatic heterocycles. The highest BCUT2D eigenvalue weighted by Gasteiger charge is 2.13. The molecule has 0 spiro atoms. The molecule has 0 saturated carbocycles. The number of ether oxygens (including phenoxy) is 2. The molecular weight excluding hydrogens is 334 g/mol. The standard InChI is InChI=1S/C15H25N3O5S/c1-18(2)7-5-17-24(20,21)8-6-16-15(19)12-9-13(22-3)11-14(10-12)23-4/h9-11,17H,5-8H2,1-4H3,(H,16,19). The van der Waals surface area contributed by atoms with Gasteiger partial charge in [0.1, 0.15) is 11.5 Å². The molecular formula is C15H25N3O5S.